The molecule has 2 heterocycles. The van der Waals surface area contributed by atoms with Gasteiger partial charge in [0.05, 0.1) is 0 Å². The van der Waals surface area contributed by atoms with Crippen LogP contribution in [-0.2, 0) is 22.7 Å². The molecule has 0 aromatic heterocycles. The van der Waals surface area contributed by atoms with Gasteiger partial charge in [-0.3, -0.25) is 19.7 Å². The Morgan fingerprint density at radius 3 is 2.74 bits per heavy atom. The van der Waals surface area contributed by atoms with Gasteiger partial charge in [-0.1, -0.05) is 18.6 Å². The minimum atomic E-state index is -0.543. The predicted octanol–water partition coefficient (Wildman–Crippen LogP) is 1.73. The SMILES string of the molecule is O=C1CCC(N2Cc3cc(CNC4CC5CCC4C5)ccc3C2=O)C(=O)N1. The lowest BCUT2D eigenvalue weighted by Gasteiger charge is -2.29. The highest BCUT2D eigenvalue weighted by Crippen LogP contribution is 2.44. The number of piperidine rings is 1. The van der Waals surface area contributed by atoms with Crippen LogP contribution in [0.2, 0.25) is 0 Å². The van der Waals surface area contributed by atoms with Gasteiger partial charge < -0.3 is 10.2 Å². The Morgan fingerprint density at radius 2 is 2.00 bits per heavy atom. The summed E-state index contributed by atoms with van der Waals surface area (Å²) in [5.74, 6) is 1.05. The van der Waals surface area contributed by atoms with Crippen LogP contribution in [0, 0.1) is 11.8 Å². The lowest BCUT2D eigenvalue weighted by molar-refractivity contribution is -0.136. The normalized spacial score (nSPS) is 32.1. The topological polar surface area (TPSA) is 78.5 Å². The molecular weight excluding hydrogens is 342 g/mol. The maximum atomic E-state index is 12.7. The lowest BCUT2D eigenvalue weighted by Crippen LogP contribution is -2.52. The van der Waals surface area contributed by atoms with Crippen molar-refractivity contribution in [1.82, 2.24) is 15.5 Å². The van der Waals surface area contributed by atoms with Crippen molar-refractivity contribution in [2.75, 3.05) is 0 Å². The average molecular weight is 367 g/mol. The molecule has 1 saturated heterocycles. The van der Waals surface area contributed by atoms with Crippen LogP contribution in [0.4, 0.5) is 0 Å². The molecule has 5 rings (SSSR count). The number of fused-ring (bicyclic) bond motifs is 3. The van der Waals surface area contributed by atoms with Gasteiger partial charge in [0.15, 0.2) is 0 Å². The van der Waals surface area contributed by atoms with Crippen LogP contribution in [0.15, 0.2) is 18.2 Å². The number of hydrogen-bond acceptors (Lipinski definition) is 4. The number of nitrogens with one attached hydrogen (secondary N) is 2. The van der Waals surface area contributed by atoms with E-state index in [2.05, 4.69) is 16.7 Å². The van der Waals surface area contributed by atoms with Crippen molar-refractivity contribution < 1.29 is 14.4 Å². The molecule has 2 aliphatic carbocycles. The van der Waals surface area contributed by atoms with Crippen LogP contribution in [-0.4, -0.2) is 34.7 Å². The quantitative estimate of drug-likeness (QED) is 0.795. The zero-order valence-corrected chi connectivity index (χ0v) is 15.4. The molecule has 4 aliphatic rings. The summed E-state index contributed by atoms with van der Waals surface area (Å²) in [4.78, 5) is 37.8. The van der Waals surface area contributed by atoms with Crippen LogP contribution in [0.3, 0.4) is 0 Å². The molecular formula is C21H25N3O3. The number of rotatable bonds is 4. The largest absolute Gasteiger partial charge is 0.322 e. The fourth-order valence-corrected chi connectivity index (χ4v) is 5.48. The molecule has 2 saturated carbocycles. The zero-order valence-electron chi connectivity index (χ0n) is 15.4. The fraction of sp³-hybridized carbons (Fsp3) is 0.571. The van der Waals surface area contributed by atoms with Crippen molar-refractivity contribution in [3.05, 3.63) is 34.9 Å². The second-order valence-corrected chi connectivity index (χ2v) is 8.55. The number of benzene rings is 1. The van der Waals surface area contributed by atoms with Gasteiger partial charge in [0, 0.05) is 31.1 Å². The van der Waals surface area contributed by atoms with Gasteiger partial charge in [0.25, 0.3) is 5.91 Å². The van der Waals surface area contributed by atoms with Gasteiger partial charge in [-0.25, -0.2) is 0 Å². The predicted molar refractivity (Wildman–Crippen MR) is 98.6 cm³/mol. The monoisotopic (exact) mass is 367 g/mol. The summed E-state index contributed by atoms with van der Waals surface area (Å²) in [6.07, 6.45) is 6.15. The van der Waals surface area contributed by atoms with E-state index in [9.17, 15) is 14.4 Å². The van der Waals surface area contributed by atoms with Gasteiger partial charge in [-0.15, -0.1) is 0 Å². The summed E-state index contributed by atoms with van der Waals surface area (Å²) < 4.78 is 0. The third-order valence-electron chi connectivity index (χ3n) is 6.89. The highest BCUT2D eigenvalue weighted by molar-refractivity contribution is 6.05. The Bertz CT molecular complexity index is 821. The first-order valence-electron chi connectivity index (χ1n) is 10.1. The van der Waals surface area contributed by atoms with E-state index in [0.29, 0.717) is 24.6 Å². The zero-order chi connectivity index (χ0) is 18.5. The highest BCUT2D eigenvalue weighted by atomic mass is 16.2. The molecule has 1 aromatic rings. The molecule has 142 valence electrons. The van der Waals surface area contributed by atoms with E-state index >= 15 is 0 Å². The molecule has 4 atom stereocenters. The van der Waals surface area contributed by atoms with Crippen molar-refractivity contribution in [3.63, 3.8) is 0 Å². The Kier molecular flexibility index (Phi) is 4.04. The van der Waals surface area contributed by atoms with E-state index in [1.165, 1.54) is 31.2 Å². The molecule has 1 aromatic carbocycles. The molecule has 3 fully saturated rings. The first-order chi connectivity index (χ1) is 13.1. The molecule has 2 aliphatic heterocycles. The lowest BCUT2D eigenvalue weighted by atomic mass is 9.95. The van der Waals surface area contributed by atoms with Crippen LogP contribution in [0.1, 0.15) is 60.0 Å². The summed E-state index contributed by atoms with van der Waals surface area (Å²) >= 11 is 0. The number of nitrogens with zero attached hydrogens (tertiary/aromatic N) is 1. The van der Waals surface area contributed by atoms with Crippen LogP contribution in [0.25, 0.3) is 0 Å². The molecule has 4 unspecified atom stereocenters. The van der Waals surface area contributed by atoms with Gasteiger partial charge in [-0.2, -0.15) is 0 Å². The third kappa shape index (κ3) is 2.96. The van der Waals surface area contributed by atoms with E-state index in [4.69, 9.17) is 0 Å². The minimum absolute atomic E-state index is 0.105. The number of imide groups is 1. The van der Waals surface area contributed by atoms with Gasteiger partial charge in [0.1, 0.15) is 6.04 Å². The summed E-state index contributed by atoms with van der Waals surface area (Å²) in [5.41, 5.74) is 2.86. The Labute approximate surface area is 158 Å². The maximum Gasteiger partial charge on any atom is 0.255 e. The standard InChI is InChI=1S/C21H25N3O3/c25-19-6-5-18(20(26)23-19)24-11-15-8-13(2-4-16(15)21(24)27)10-22-17-9-12-1-3-14(17)7-12/h2,4,8,12,14,17-18,22H,1,3,5-7,9-11H2,(H,23,25,26). The van der Waals surface area contributed by atoms with Crippen molar-refractivity contribution in [2.24, 2.45) is 11.8 Å². The second-order valence-electron chi connectivity index (χ2n) is 8.55. The molecule has 6 nitrogen and oxygen atoms in total. The van der Waals surface area contributed by atoms with E-state index in [1.54, 1.807) is 4.90 Å². The molecule has 0 spiro atoms. The molecule has 6 heteroatoms. The molecule has 0 radical (unpaired) electrons. The van der Waals surface area contributed by atoms with Crippen molar-refractivity contribution in [3.8, 4) is 0 Å². The third-order valence-corrected chi connectivity index (χ3v) is 6.89. The van der Waals surface area contributed by atoms with E-state index < -0.39 is 6.04 Å². The van der Waals surface area contributed by atoms with Crippen molar-refractivity contribution >= 4 is 17.7 Å². The van der Waals surface area contributed by atoms with Gasteiger partial charge >= 0.3 is 0 Å². The van der Waals surface area contributed by atoms with Gasteiger partial charge in [-0.05, 0) is 54.7 Å². The Morgan fingerprint density at radius 1 is 1.11 bits per heavy atom. The Balaban J connectivity index is 1.26. The average Bonchev–Trinajstić information content (AvgIpc) is 3.35. The molecule has 3 amide bonds. The van der Waals surface area contributed by atoms with E-state index in [-0.39, 0.29) is 24.1 Å². The highest BCUT2D eigenvalue weighted by Gasteiger charge is 2.40. The van der Waals surface area contributed by atoms with Crippen LogP contribution in [0.5, 0.6) is 0 Å². The van der Waals surface area contributed by atoms with Crippen LogP contribution < -0.4 is 10.6 Å². The number of amides is 3. The fourth-order valence-electron chi connectivity index (χ4n) is 5.48. The number of carbonyl (C=O) groups excluding carboxylic acids is 3. The molecule has 2 N–H and O–H groups in total. The van der Waals surface area contributed by atoms with Crippen LogP contribution >= 0.6 is 0 Å². The smallest absolute Gasteiger partial charge is 0.255 e. The summed E-state index contributed by atoms with van der Waals surface area (Å²) in [6.45, 7) is 1.27. The number of hydrogen-bond donors (Lipinski definition) is 2. The van der Waals surface area contributed by atoms with Crippen molar-refractivity contribution in [2.45, 2.75) is 63.7 Å². The molecule has 2 bridgehead atoms. The minimum Gasteiger partial charge on any atom is -0.322 e. The van der Waals surface area contributed by atoms with Crippen molar-refractivity contribution in [1.29, 1.82) is 0 Å². The summed E-state index contributed by atoms with van der Waals surface area (Å²) in [7, 11) is 0. The summed E-state index contributed by atoms with van der Waals surface area (Å²) in [6, 6.07) is 6.10. The Hall–Kier alpha value is -2.21. The summed E-state index contributed by atoms with van der Waals surface area (Å²) in [5, 5.41) is 6.07. The number of carbonyl (C=O) groups is 3. The van der Waals surface area contributed by atoms with Gasteiger partial charge in [0.2, 0.25) is 11.8 Å². The first-order valence-corrected chi connectivity index (χ1v) is 10.1. The van der Waals surface area contributed by atoms with E-state index in [0.717, 1.165) is 23.9 Å². The molecule has 27 heavy (non-hydrogen) atoms. The second kappa shape index (κ2) is 6.44. The van der Waals surface area contributed by atoms with E-state index in [1.807, 2.05) is 12.1 Å². The first kappa shape index (κ1) is 16.9. The maximum absolute atomic E-state index is 12.7.